The van der Waals surface area contributed by atoms with Gasteiger partial charge in [-0.3, -0.25) is 24.6 Å². The number of hydrogen-bond donors (Lipinski definition) is 2. The molecule has 1 aromatic rings. The van der Waals surface area contributed by atoms with Crippen molar-refractivity contribution >= 4 is 17.7 Å². The second-order valence-electron chi connectivity index (χ2n) is 8.34. The minimum Gasteiger partial charge on any atom is -0.322 e. The summed E-state index contributed by atoms with van der Waals surface area (Å²) < 4.78 is 0. The zero-order valence-electron chi connectivity index (χ0n) is 16.5. The van der Waals surface area contributed by atoms with Crippen LogP contribution in [0, 0.1) is 5.92 Å². The van der Waals surface area contributed by atoms with Crippen LogP contribution in [0.15, 0.2) is 18.2 Å². The smallest absolute Gasteiger partial charge is 0.255 e. The van der Waals surface area contributed by atoms with Crippen molar-refractivity contribution in [1.82, 2.24) is 20.4 Å². The summed E-state index contributed by atoms with van der Waals surface area (Å²) in [7, 11) is 0. The molecule has 2 fully saturated rings. The number of nitrogens with one attached hydrogen (secondary N) is 2. The van der Waals surface area contributed by atoms with E-state index in [0.717, 1.165) is 42.9 Å². The monoisotopic (exact) mass is 384 g/mol. The lowest BCUT2D eigenvalue weighted by molar-refractivity contribution is -0.136. The Balaban J connectivity index is 1.57. The maximum Gasteiger partial charge on any atom is 0.255 e. The lowest BCUT2D eigenvalue weighted by Gasteiger charge is -2.39. The highest BCUT2D eigenvalue weighted by molar-refractivity contribution is 6.05. The molecule has 4 rings (SSSR count). The maximum absolute atomic E-state index is 13.2. The van der Waals surface area contributed by atoms with Crippen LogP contribution in [0.5, 0.6) is 0 Å². The SMILES string of the molecule is CC(C)C1CNCCN1Cc1cccc2c1C(=O)N(C1CCC(=O)NC1=O)C2. The van der Waals surface area contributed by atoms with Crippen molar-refractivity contribution in [3.63, 3.8) is 0 Å². The zero-order chi connectivity index (χ0) is 19.8. The van der Waals surface area contributed by atoms with Crippen LogP contribution >= 0.6 is 0 Å². The molecular weight excluding hydrogens is 356 g/mol. The number of hydrogen-bond acceptors (Lipinski definition) is 5. The van der Waals surface area contributed by atoms with Crippen LogP contribution in [-0.4, -0.2) is 59.2 Å². The van der Waals surface area contributed by atoms with E-state index in [1.54, 1.807) is 4.90 Å². The first-order chi connectivity index (χ1) is 13.5. The van der Waals surface area contributed by atoms with Gasteiger partial charge in [-0.2, -0.15) is 0 Å². The van der Waals surface area contributed by atoms with E-state index in [2.05, 4.69) is 29.4 Å². The molecule has 2 unspecified atom stereocenters. The molecule has 0 aromatic heterocycles. The fourth-order valence-corrected chi connectivity index (χ4v) is 4.66. The summed E-state index contributed by atoms with van der Waals surface area (Å²) in [6.45, 7) is 8.51. The highest BCUT2D eigenvalue weighted by Gasteiger charge is 2.40. The van der Waals surface area contributed by atoms with Crippen LogP contribution in [0.2, 0.25) is 0 Å². The summed E-state index contributed by atoms with van der Waals surface area (Å²) in [5.74, 6) is -0.179. The molecule has 7 nitrogen and oxygen atoms in total. The molecule has 2 saturated heterocycles. The van der Waals surface area contributed by atoms with Gasteiger partial charge in [-0.25, -0.2) is 0 Å². The van der Waals surface area contributed by atoms with Crippen molar-refractivity contribution in [2.75, 3.05) is 19.6 Å². The van der Waals surface area contributed by atoms with Crippen molar-refractivity contribution in [2.45, 2.75) is 51.9 Å². The Morgan fingerprint density at radius 1 is 1.21 bits per heavy atom. The van der Waals surface area contributed by atoms with Crippen LogP contribution in [0.3, 0.4) is 0 Å². The second kappa shape index (κ2) is 7.64. The number of carbonyl (C=O) groups is 3. The van der Waals surface area contributed by atoms with Crippen LogP contribution in [0.1, 0.15) is 48.2 Å². The predicted molar refractivity (Wildman–Crippen MR) is 104 cm³/mol. The Kier molecular flexibility index (Phi) is 5.21. The number of benzene rings is 1. The first-order valence-electron chi connectivity index (χ1n) is 10.2. The summed E-state index contributed by atoms with van der Waals surface area (Å²) in [6, 6.07) is 5.88. The first kappa shape index (κ1) is 19.1. The van der Waals surface area contributed by atoms with Crippen molar-refractivity contribution < 1.29 is 14.4 Å². The Morgan fingerprint density at radius 2 is 2.04 bits per heavy atom. The number of rotatable bonds is 4. The lowest BCUT2D eigenvalue weighted by atomic mass is 9.97. The quantitative estimate of drug-likeness (QED) is 0.753. The van der Waals surface area contributed by atoms with Gasteiger partial charge in [0.2, 0.25) is 11.8 Å². The van der Waals surface area contributed by atoms with Gasteiger partial charge in [-0.1, -0.05) is 32.0 Å². The van der Waals surface area contributed by atoms with Crippen molar-refractivity contribution in [1.29, 1.82) is 0 Å². The summed E-state index contributed by atoms with van der Waals surface area (Å²) in [5, 5.41) is 5.83. The third-order valence-electron chi connectivity index (χ3n) is 6.18. The second-order valence-corrected chi connectivity index (χ2v) is 8.34. The minimum atomic E-state index is -0.562. The normalized spacial score (nSPS) is 26.0. The van der Waals surface area contributed by atoms with E-state index >= 15 is 0 Å². The average Bonchev–Trinajstić information content (AvgIpc) is 2.99. The fraction of sp³-hybridized carbons (Fsp3) is 0.571. The Hall–Kier alpha value is -2.25. The largest absolute Gasteiger partial charge is 0.322 e. The topological polar surface area (TPSA) is 81.8 Å². The molecule has 3 amide bonds. The van der Waals surface area contributed by atoms with Gasteiger partial charge >= 0.3 is 0 Å². The molecule has 0 saturated carbocycles. The van der Waals surface area contributed by atoms with E-state index in [-0.39, 0.29) is 24.1 Å². The number of imide groups is 1. The molecule has 150 valence electrons. The number of amides is 3. The van der Waals surface area contributed by atoms with Gasteiger partial charge in [0.15, 0.2) is 0 Å². The standard InChI is InChI=1S/C21H28N4O3/c1-13(2)17-10-22-8-9-24(17)11-14-4-3-5-15-12-25(21(28)19(14)15)16-6-7-18(26)23-20(16)27/h3-5,13,16-17,22H,6-12H2,1-2H3,(H,23,26,27). The van der Waals surface area contributed by atoms with E-state index in [9.17, 15) is 14.4 Å². The van der Waals surface area contributed by atoms with E-state index in [4.69, 9.17) is 0 Å². The van der Waals surface area contributed by atoms with Crippen LogP contribution in [-0.2, 0) is 22.7 Å². The molecule has 3 heterocycles. The van der Waals surface area contributed by atoms with Gasteiger partial charge in [-0.05, 0) is 23.5 Å². The molecule has 28 heavy (non-hydrogen) atoms. The molecule has 3 aliphatic heterocycles. The molecular formula is C21H28N4O3. The molecule has 0 radical (unpaired) electrons. The number of nitrogens with zero attached hydrogens (tertiary/aromatic N) is 2. The minimum absolute atomic E-state index is 0.0867. The van der Waals surface area contributed by atoms with Crippen molar-refractivity contribution in [3.05, 3.63) is 34.9 Å². The Bertz CT molecular complexity index is 807. The number of piperazine rings is 1. The highest BCUT2D eigenvalue weighted by Crippen LogP contribution is 2.31. The molecule has 0 aliphatic carbocycles. The van der Waals surface area contributed by atoms with Crippen molar-refractivity contribution in [2.24, 2.45) is 5.92 Å². The summed E-state index contributed by atoms with van der Waals surface area (Å²) in [5.41, 5.74) is 2.75. The molecule has 1 aromatic carbocycles. The lowest BCUT2D eigenvalue weighted by Crippen LogP contribution is -2.53. The predicted octanol–water partition coefficient (Wildman–Crippen LogP) is 0.877. The molecule has 7 heteroatoms. The molecule has 2 N–H and O–H groups in total. The van der Waals surface area contributed by atoms with E-state index in [1.807, 2.05) is 18.2 Å². The van der Waals surface area contributed by atoms with E-state index < -0.39 is 6.04 Å². The Labute approximate surface area is 165 Å². The van der Waals surface area contributed by atoms with Gasteiger partial charge in [0, 0.05) is 50.7 Å². The van der Waals surface area contributed by atoms with Gasteiger partial charge in [0.05, 0.1) is 0 Å². The van der Waals surface area contributed by atoms with Crippen molar-refractivity contribution in [3.8, 4) is 0 Å². The van der Waals surface area contributed by atoms with E-state index in [0.29, 0.717) is 24.9 Å². The number of piperidine rings is 1. The van der Waals surface area contributed by atoms with Gasteiger partial charge < -0.3 is 10.2 Å². The average molecular weight is 384 g/mol. The zero-order valence-corrected chi connectivity index (χ0v) is 16.5. The van der Waals surface area contributed by atoms with Gasteiger partial charge in [0.1, 0.15) is 6.04 Å². The number of carbonyl (C=O) groups excluding carboxylic acids is 3. The highest BCUT2D eigenvalue weighted by atomic mass is 16.2. The summed E-state index contributed by atoms with van der Waals surface area (Å²) in [4.78, 5) is 41.0. The third-order valence-corrected chi connectivity index (χ3v) is 6.18. The van der Waals surface area contributed by atoms with Gasteiger partial charge in [-0.15, -0.1) is 0 Å². The summed E-state index contributed by atoms with van der Waals surface area (Å²) in [6.07, 6.45) is 0.674. The summed E-state index contributed by atoms with van der Waals surface area (Å²) >= 11 is 0. The molecule has 2 atom stereocenters. The van der Waals surface area contributed by atoms with Crippen LogP contribution < -0.4 is 10.6 Å². The molecule has 0 spiro atoms. The molecule has 0 bridgehead atoms. The first-order valence-corrected chi connectivity index (χ1v) is 10.2. The maximum atomic E-state index is 13.2. The molecule has 3 aliphatic rings. The fourth-order valence-electron chi connectivity index (χ4n) is 4.66. The third kappa shape index (κ3) is 3.44. The van der Waals surface area contributed by atoms with Gasteiger partial charge in [0.25, 0.3) is 5.91 Å². The van der Waals surface area contributed by atoms with Crippen LogP contribution in [0.25, 0.3) is 0 Å². The van der Waals surface area contributed by atoms with E-state index in [1.165, 1.54) is 0 Å². The van der Waals surface area contributed by atoms with Crippen LogP contribution in [0.4, 0.5) is 0 Å². The Morgan fingerprint density at radius 3 is 2.79 bits per heavy atom. The number of fused-ring (bicyclic) bond motifs is 1.